The number of rotatable bonds is 10. The molecule has 4 rings (SSSR count). The molecule has 10 nitrogen and oxygen atoms in total. The first-order valence-corrected chi connectivity index (χ1v) is 13.1. The molecule has 3 N–H and O–H groups in total. The molecule has 1 aliphatic rings. The number of primary amides is 1. The van der Waals surface area contributed by atoms with Gasteiger partial charge in [0.1, 0.15) is 6.54 Å². The van der Waals surface area contributed by atoms with E-state index in [1.165, 1.54) is 34.6 Å². The zero-order chi connectivity index (χ0) is 28.1. The number of piperidine rings is 1. The second-order valence-corrected chi connectivity index (χ2v) is 10.1. The van der Waals surface area contributed by atoms with Crippen LogP contribution in [0.3, 0.4) is 0 Å². The smallest absolute Gasteiger partial charge is 0.351 e. The van der Waals surface area contributed by atoms with Crippen LogP contribution in [0.1, 0.15) is 32.3 Å². The molecule has 1 aliphatic heterocycles. The molecule has 2 amide bonds. The van der Waals surface area contributed by atoms with Crippen molar-refractivity contribution in [1.29, 1.82) is 0 Å². The third kappa shape index (κ3) is 6.72. The van der Waals surface area contributed by atoms with Crippen LogP contribution < -0.4 is 21.5 Å². The van der Waals surface area contributed by atoms with Gasteiger partial charge in [-0.05, 0) is 82.1 Å². The minimum Gasteiger partial charge on any atom is -0.494 e. The average molecular weight is 539 g/mol. The van der Waals surface area contributed by atoms with Gasteiger partial charge in [-0.2, -0.15) is 4.68 Å². The van der Waals surface area contributed by atoms with E-state index in [4.69, 9.17) is 10.5 Å². The molecule has 0 spiro atoms. The highest BCUT2D eigenvalue weighted by Crippen LogP contribution is 2.25. The molecule has 208 valence electrons. The maximum Gasteiger partial charge on any atom is 0.351 e. The van der Waals surface area contributed by atoms with Gasteiger partial charge in [0.15, 0.2) is 17.4 Å². The SMILES string of the molecule is COc1cc(-c2nn(-c3ccc(CCN4CCC(C(N)=O)CC4)cc3)c(=O)n2CC(=O)NC(C)C)ccc1F. The maximum absolute atomic E-state index is 14.1. The quantitative estimate of drug-likeness (QED) is 0.408. The topological polar surface area (TPSA) is 124 Å². The molecule has 3 aromatic rings. The lowest BCUT2D eigenvalue weighted by atomic mass is 9.96. The fourth-order valence-corrected chi connectivity index (χ4v) is 4.76. The van der Waals surface area contributed by atoms with Gasteiger partial charge in [0.05, 0.1) is 12.8 Å². The van der Waals surface area contributed by atoms with Crippen molar-refractivity contribution in [2.45, 2.75) is 45.7 Å². The molecule has 1 aromatic heterocycles. The maximum atomic E-state index is 14.1. The Morgan fingerprint density at radius 3 is 2.46 bits per heavy atom. The zero-order valence-corrected chi connectivity index (χ0v) is 22.5. The van der Waals surface area contributed by atoms with Crippen LogP contribution in [0.5, 0.6) is 5.75 Å². The van der Waals surface area contributed by atoms with Crippen molar-refractivity contribution in [2.24, 2.45) is 11.7 Å². The molecule has 0 unspecified atom stereocenters. The van der Waals surface area contributed by atoms with E-state index in [1.807, 2.05) is 38.1 Å². The molecule has 2 aromatic carbocycles. The summed E-state index contributed by atoms with van der Waals surface area (Å²) in [6, 6.07) is 11.6. The summed E-state index contributed by atoms with van der Waals surface area (Å²) in [5, 5.41) is 7.31. The van der Waals surface area contributed by atoms with Crippen LogP contribution in [0.15, 0.2) is 47.3 Å². The Bertz CT molecular complexity index is 1370. The lowest BCUT2D eigenvalue weighted by Gasteiger charge is -2.30. The van der Waals surface area contributed by atoms with Crippen molar-refractivity contribution in [1.82, 2.24) is 24.6 Å². The number of halogens is 1. The van der Waals surface area contributed by atoms with E-state index in [9.17, 15) is 18.8 Å². The lowest BCUT2D eigenvalue weighted by Crippen LogP contribution is -2.39. The Hall–Kier alpha value is -3.99. The second kappa shape index (κ2) is 12.2. The van der Waals surface area contributed by atoms with E-state index in [2.05, 4.69) is 15.3 Å². The third-order valence-electron chi connectivity index (χ3n) is 6.91. The molecule has 1 fully saturated rings. The Labute approximate surface area is 226 Å². The van der Waals surface area contributed by atoms with Crippen molar-refractivity contribution < 1.29 is 18.7 Å². The first-order valence-electron chi connectivity index (χ1n) is 13.1. The number of carbonyl (C=O) groups is 2. The van der Waals surface area contributed by atoms with Gasteiger partial charge in [-0.3, -0.25) is 14.2 Å². The average Bonchev–Trinajstić information content (AvgIpc) is 3.23. The Morgan fingerprint density at radius 1 is 1.15 bits per heavy atom. The van der Waals surface area contributed by atoms with E-state index >= 15 is 0 Å². The summed E-state index contributed by atoms with van der Waals surface area (Å²) in [6.45, 7) is 5.98. The predicted octanol–water partition coefficient (Wildman–Crippen LogP) is 2.11. The Balaban J connectivity index is 1.56. The van der Waals surface area contributed by atoms with Crippen molar-refractivity contribution in [3.05, 3.63) is 64.3 Å². The molecule has 0 atom stereocenters. The number of nitrogens with two attached hydrogens (primary N) is 1. The number of aromatic nitrogens is 3. The minimum atomic E-state index is -0.542. The number of methoxy groups -OCH3 is 1. The number of amides is 2. The number of likely N-dealkylation sites (tertiary alicyclic amines) is 1. The van der Waals surface area contributed by atoms with E-state index in [1.54, 1.807) is 0 Å². The summed E-state index contributed by atoms with van der Waals surface area (Å²) >= 11 is 0. The Kier molecular flexibility index (Phi) is 8.80. The number of nitrogens with one attached hydrogen (secondary N) is 1. The van der Waals surface area contributed by atoms with E-state index in [0.717, 1.165) is 44.5 Å². The van der Waals surface area contributed by atoms with Crippen LogP contribution in [-0.2, 0) is 22.6 Å². The lowest BCUT2D eigenvalue weighted by molar-refractivity contribution is -0.123. The van der Waals surface area contributed by atoms with E-state index in [-0.39, 0.29) is 41.9 Å². The number of hydrogen-bond donors (Lipinski definition) is 2. The van der Waals surface area contributed by atoms with Gasteiger partial charge >= 0.3 is 5.69 Å². The third-order valence-corrected chi connectivity index (χ3v) is 6.91. The monoisotopic (exact) mass is 538 g/mol. The fourth-order valence-electron chi connectivity index (χ4n) is 4.76. The number of carbonyl (C=O) groups excluding carboxylic acids is 2. The van der Waals surface area contributed by atoms with Gasteiger partial charge in [0.25, 0.3) is 0 Å². The van der Waals surface area contributed by atoms with Gasteiger partial charge in [-0.1, -0.05) is 12.1 Å². The summed E-state index contributed by atoms with van der Waals surface area (Å²) in [5.41, 5.74) is 7.03. The van der Waals surface area contributed by atoms with Crippen LogP contribution in [-0.4, -0.2) is 63.8 Å². The molecular formula is C28H35FN6O4. The first kappa shape index (κ1) is 28.0. The summed E-state index contributed by atoms with van der Waals surface area (Å²) in [6.07, 6.45) is 2.40. The number of ether oxygens (including phenoxy) is 1. The number of benzene rings is 2. The van der Waals surface area contributed by atoms with Crippen LogP contribution in [0.4, 0.5) is 4.39 Å². The van der Waals surface area contributed by atoms with Crippen molar-refractivity contribution in [3.63, 3.8) is 0 Å². The summed E-state index contributed by atoms with van der Waals surface area (Å²) in [4.78, 5) is 39.7. The standard InChI is InChI=1S/C28H35FN6O4/c1-18(2)31-25(36)17-34-27(21-6-9-23(29)24(16-21)39-3)32-35(28(34)38)22-7-4-19(5-8-22)10-13-33-14-11-20(12-15-33)26(30)37/h4-9,16,18,20H,10-15,17H2,1-3H3,(H2,30,37)(H,31,36). The molecular weight excluding hydrogens is 503 g/mol. The molecule has 0 aliphatic carbocycles. The van der Waals surface area contributed by atoms with Crippen molar-refractivity contribution in [3.8, 4) is 22.8 Å². The van der Waals surface area contributed by atoms with E-state index in [0.29, 0.717) is 11.3 Å². The van der Waals surface area contributed by atoms with Gasteiger partial charge in [-0.25, -0.2) is 9.18 Å². The van der Waals surface area contributed by atoms with E-state index < -0.39 is 11.5 Å². The highest BCUT2D eigenvalue weighted by atomic mass is 19.1. The van der Waals surface area contributed by atoms with Gasteiger partial charge in [0.2, 0.25) is 11.8 Å². The predicted molar refractivity (Wildman–Crippen MR) is 145 cm³/mol. The molecule has 11 heteroatoms. The van der Waals surface area contributed by atoms with Gasteiger partial charge in [0, 0.05) is 24.1 Å². The van der Waals surface area contributed by atoms with Gasteiger partial charge in [-0.15, -0.1) is 5.10 Å². The first-order chi connectivity index (χ1) is 18.7. The molecule has 0 radical (unpaired) electrons. The highest BCUT2D eigenvalue weighted by Gasteiger charge is 2.23. The second-order valence-electron chi connectivity index (χ2n) is 10.1. The van der Waals surface area contributed by atoms with Crippen LogP contribution in [0, 0.1) is 11.7 Å². The molecule has 0 bridgehead atoms. The molecule has 2 heterocycles. The van der Waals surface area contributed by atoms with Crippen molar-refractivity contribution >= 4 is 11.8 Å². The molecule has 39 heavy (non-hydrogen) atoms. The van der Waals surface area contributed by atoms with Crippen LogP contribution in [0.2, 0.25) is 0 Å². The molecule has 0 saturated carbocycles. The minimum absolute atomic E-state index is 0.0101. The zero-order valence-electron chi connectivity index (χ0n) is 22.5. The summed E-state index contributed by atoms with van der Waals surface area (Å²) < 4.78 is 21.7. The molecule has 1 saturated heterocycles. The number of hydrogen-bond acceptors (Lipinski definition) is 6. The highest BCUT2D eigenvalue weighted by molar-refractivity contribution is 5.77. The largest absolute Gasteiger partial charge is 0.494 e. The number of nitrogens with zero attached hydrogens (tertiary/aromatic N) is 4. The Morgan fingerprint density at radius 2 is 1.85 bits per heavy atom. The summed E-state index contributed by atoms with van der Waals surface area (Å²) in [7, 11) is 1.36. The normalized spacial score (nSPS) is 14.5. The summed E-state index contributed by atoms with van der Waals surface area (Å²) in [5.74, 6) is -0.894. The van der Waals surface area contributed by atoms with Crippen LogP contribution in [0.25, 0.3) is 17.1 Å². The van der Waals surface area contributed by atoms with Crippen LogP contribution >= 0.6 is 0 Å². The van der Waals surface area contributed by atoms with Crippen molar-refractivity contribution in [2.75, 3.05) is 26.7 Å². The fraction of sp³-hybridized carbons (Fsp3) is 0.429. The van der Waals surface area contributed by atoms with Gasteiger partial charge < -0.3 is 20.7 Å².